The van der Waals surface area contributed by atoms with Crippen LogP contribution >= 0.6 is 0 Å². The van der Waals surface area contributed by atoms with Crippen LogP contribution < -0.4 is 5.32 Å². The van der Waals surface area contributed by atoms with Gasteiger partial charge in [-0.25, -0.2) is 9.18 Å². The van der Waals surface area contributed by atoms with Crippen LogP contribution in [0.5, 0.6) is 0 Å². The van der Waals surface area contributed by atoms with Gasteiger partial charge in [0.05, 0.1) is 17.4 Å². The number of furan rings is 1. The van der Waals surface area contributed by atoms with Gasteiger partial charge in [-0.05, 0) is 48.9 Å². The molecule has 28 heavy (non-hydrogen) atoms. The molecular formula is C21H16FNO5. The molecule has 0 atom stereocenters. The van der Waals surface area contributed by atoms with Crippen molar-refractivity contribution in [2.45, 2.75) is 6.92 Å². The molecule has 142 valence electrons. The number of carbonyl (C=O) groups excluding carboxylic acids is 3. The third-order valence-electron chi connectivity index (χ3n) is 3.98. The Bertz CT molecular complexity index is 1030. The summed E-state index contributed by atoms with van der Waals surface area (Å²) in [5.41, 5.74) is 1.11. The Morgan fingerprint density at radius 2 is 1.86 bits per heavy atom. The number of benzene rings is 2. The number of ether oxygens (including phenoxy) is 1. The molecule has 1 heterocycles. The molecule has 3 rings (SSSR count). The van der Waals surface area contributed by atoms with Crippen LogP contribution in [-0.2, 0) is 4.74 Å². The first-order valence-corrected chi connectivity index (χ1v) is 8.36. The molecule has 7 heteroatoms. The Hall–Kier alpha value is -3.74. The van der Waals surface area contributed by atoms with Crippen LogP contribution in [0.4, 0.5) is 10.1 Å². The van der Waals surface area contributed by atoms with Crippen molar-refractivity contribution in [3.8, 4) is 0 Å². The van der Waals surface area contributed by atoms with Gasteiger partial charge in [0.2, 0.25) is 5.78 Å². The van der Waals surface area contributed by atoms with E-state index in [-0.39, 0.29) is 16.9 Å². The van der Waals surface area contributed by atoms with Gasteiger partial charge < -0.3 is 14.5 Å². The number of carbonyl (C=O) groups is 3. The standard InChI is InChI=1S/C21H16FNO5/c1-13-8-9-14(11-17(13)23-20(25)19-7-4-10-27-19)21(26)28-12-18(24)15-5-2-3-6-16(15)22/h2-11H,12H2,1H3,(H,23,25). The second kappa shape index (κ2) is 8.30. The molecule has 0 radical (unpaired) electrons. The summed E-state index contributed by atoms with van der Waals surface area (Å²) in [6.45, 7) is 1.16. The summed E-state index contributed by atoms with van der Waals surface area (Å²) in [5.74, 6) is -2.43. The average Bonchev–Trinajstić information content (AvgIpc) is 3.23. The normalized spacial score (nSPS) is 10.4. The lowest BCUT2D eigenvalue weighted by atomic mass is 10.1. The lowest BCUT2D eigenvalue weighted by Crippen LogP contribution is -2.16. The molecule has 1 amide bonds. The van der Waals surface area contributed by atoms with Crippen molar-refractivity contribution in [3.63, 3.8) is 0 Å². The number of halogens is 1. The zero-order valence-electron chi connectivity index (χ0n) is 14.9. The zero-order chi connectivity index (χ0) is 20.1. The van der Waals surface area contributed by atoms with Crippen LogP contribution in [0.1, 0.15) is 36.8 Å². The predicted octanol–water partition coefficient (Wildman–Crippen LogP) is 4.02. The number of hydrogen-bond acceptors (Lipinski definition) is 5. The molecular weight excluding hydrogens is 365 g/mol. The Balaban J connectivity index is 1.68. The molecule has 0 spiro atoms. The Morgan fingerprint density at radius 3 is 2.57 bits per heavy atom. The first-order chi connectivity index (χ1) is 13.5. The van der Waals surface area contributed by atoms with Gasteiger partial charge in [0.25, 0.3) is 5.91 Å². The van der Waals surface area contributed by atoms with Crippen LogP contribution in [0.25, 0.3) is 0 Å². The molecule has 0 fully saturated rings. The molecule has 6 nitrogen and oxygen atoms in total. The van der Waals surface area contributed by atoms with Crippen molar-refractivity contribution in [1.29, 1.82) is 0 Å². The maximum Gasteiger partial charge on any atom is 0.338 e. The van der Waals surface area contributed by atoms with E-state index in [1.165, 1.54) is 42.7 Å². The highest BCUT2D eigenvalue weighted by molar-refractivity contribution is 6.04. The number of ketones is 1. The van der Waals surface area contributed by atoms with Crippen LogP contribution in [0, 0.1) is 12.7 Å². The highest BCUT2D eigenvalue weighted by Gasteiger charge is 2.16. The first-order valence-electron chi connectivity index (χ1n) is 8.36. The van der Waals surface area contributed by atoms with E-state index in [1.807, 2.05) is 0 Å². The topological polar surface area (TPSA) is 85.6 Å². The molecule has 2 aromatic carbocycles. The van der Waals surface area contributed by atoms with E-state index in [0.717, 1.165) is 11.6 Å². The lowest BCUT2D eigenvalue weighted by molar-refractivity contribution is 0.0473. The van der Waals surface area contributed by atoms with Gasteiger partial charge in [-0.3, -0.25) is 9.59 Å². The SMILES string of the molecule is Cc1ccc(C(=O)OCC(=O)c2ccccc2F)cc1NC(=O)c1ccco1. The summed E-state index contributed by atoms with van der Waals surface area (Å²) < 4.78 is 23.6. The molecule has 0 aliphatic carbocycles. The van der Waals surface area contributed by atoms with Crippen LogP contribution in [0.15, 0.2) is 65.3 Å². The minimum Gasteiger partial charge on any atom is -0.459 e. The summed E-state index contributed by atoms with van der Waals surface area (Å²) in [4.78, 5) is 36.4. The maximum absolute atomic E-state index is 13.6. The van der Waals surface area contributed by atoms with E-state index in [4.69, 9.17) is 9.15 Å². The molecule has 1 aromatic heterocycles. The number of aryl methyl sites for hydroxylation is 1. The van der Waals surface area contributed by atoms with Crippen molar-refractivity contribution >= 4 is 23.3 Å². The minimum absolute atomic E-state index is 0.128. The Kier molecular flexibility index (Phi) is 5.64. The second-order valence-corrected chi connectivity index (χ2v) is 5.94. The summed E-state index contributed by atoms with van der Waals surface area (Å²) in [6.07, 6.45) is 1.38. The summed E-state index contributed by atoms with van der Waals surface area (Å²) in [5, 5.41) is 2.65. The Morgan fingerprint density at radius 1 is 1.07 bits per heavy atom. The summed E-state index contributed by atoms with van der Waals surface area (Å²) >= 11 is 0. The number of nitrogens with one attached hydrogen (secondary N) is 1. The molecule has 0 saturated heterocycles. The number of Topliss-reactive ketones (excluding diaryl/α,β-unsaturated/α-hetero) is 1. The van der Waals surface area contributed by atoms with Gasteiger partial charge in [-0.2, -0.15) is 0 Å². The number of hydrogen-bond donors (Lipinski definition) is 1. The van der Waals surface area contributed by atoms with Crippen molar-refractivity contribution in [2.24, 2.45) is 0 Å². The third-order valence-corrected chi connectivity index (χ3v) is 3.98. The fourth-order valence-corrected chi connectivity index (χ4v) is 2.45. The van der Waals surface area contributed by atoms with Crippen molar-refractivity contribution < 1.29 is 27.9 Å². The number of amides is 1. The maximum atomic E-state index is 13.6. The van der Waals surface area contributed by atoms with Crippen LogP contribution in [0.2, 0.25) is 0 Å². The molecule has 0 aliphatic rings. The average molecular weight is 381 g/mol. The largest absolute Gasteiger partial charge is 0.459 e. The van der Waals surface area contributed by atoms with Crippen LogP contribution in [0.3, 0.4) is 0 Å². The van der Waals surface area contributed by atoms with Gasteiger partial charge in [0.15, 0.2) is 12.4 Å². The van der Waals surface area contributed by atoms with Gasteiger partial charge in [0.1, 0.15) is 5.82 Å². The highest BCUT2D eigenvalue weighted by Crippen LogP contribution is 2.19. The van der Waals surface area contributed by atoms with E-state index in [1.54, 1.807) is 19.1 Å². The van der Waals surface area contributed by atoms with Gasteiger partial charge in [0, 0.05) is 5.69 Å². The van der Waals surface area contributed by atoms with E-state index >= 15 is 0 Å². The third kappa shape index (κ3) is 4.32. The monoisotopic (exact) mass is 381 g/mol. The van der Waals surface area contributed by atoms with Crippen molar-refractivity contribution in [2.75, 3.05) is 11.9 Å². The van der Waals surface area contributed by atoms with Gasteiger partial charge in [-0.15, -0.1) is 0 Å². The molecule has 0 aliphatic heterocycles. The van der Waals surface area contributed by atoms with E-state index in [0.29, 0.717) is 5.69 Å². The fourth-order valence-electron chi connectivity index (χ4n) is 2.45. The lowest BCUT2D eigenvalue weighted by Gasteiger charge is -2.10. The quantitative estimate of drug-likeness (QED) is 0.515. The number of anilines is 1. The molecule has 1 N–H and O–H groups in total. The van der Waals surface area contributed by atoms with Crippen molar-refractivity contribution in [1.82, 2.24) is 0 Å². The minimum atomic E-state index is -0.766. The molecule has 3 aromatic rings. The number of esters is 1. The van der Waals surface area contributed by atoms with E-state index in [9.17, 15) is 18.8 Å². The summed E-state index contributed by atoms with van der Waals surface area (Å²) in [7, 11) is 0. The molecule has 0 bridgehead atoms. The van der Waals surface area contributed by atoms with E-state index < -0.39 is 30.1 Å². The number of rotatable bonds is 6. The first kappa shape index (κ1) is 19.0. The smallest absolute Gasteiger partial charge is 0.338 e. The van der Waals surface area contributed by atoms with Crippen molar-refractivity contribution in [3.05, 3.63) is 89.1 Å². The predicted molar refractivity (Wildman–Crippen MR) is 98.9 cm³/mol. The molecule has 0 saturated carbocycles. The zero-order valence-corrected chi connectivity index (χ0v) is 14.9. The molecule has 0 unspecified atom stereocenters. The highest BCUT2D eigenvalue weighted by atomic mass is 19.1. The summed E-state index contributed by atoms with van der Waals surface area (Å²) in [6, 6.07) is 13.1. The van der Waals surface area contributed by atoms with Crippen LogP contribution in [-0.4, -0.2) is 24.3 Å². The van der Waals surface area contributed by atoms with Gasteiger partial charge >= 0.3 is 5.97 Å². The van der Waals surface area contributed by atoms with Gasteiger partial charge in [-0.1, -0.05) is 18.2 Å². The Labute approximate surface area is 159 Å². The van der Waals surface area contributed by atoms with E-state index in [2.05, 4.69) is 5.32 Å². The fraction of sp³-hybridized carbons (Fsp3) is 0.0952. The second-order valence-electron chi connectivity index (χ2n) is 5.94.